The Hall–Kier alpha value is -2.60. The maximum atomic E-state index is 12.5. The van der Waals surface area contributed by atoms with Crippen LogP contribution in [0.2, 0.25) is 5.02 Å². The Morgan fingerprint density at radius 1 is 1.12 bits per heavy atom. The fourth-order valence-electron chi connectivity index (χ4n) is 2.79. The van der Waals surface area contributed by atoms with Crippen LogP contribution in [0.25, 0.3) is 0 Å². The summed E-state index contributed by atoms with van der Waals surface area (Å²) in [6.45, 7) is 3.42. The molecule has 130 valence electrons. The second-order valence-electron chi connectivity index (χ2n) is 5.92. The zero-order valence-corrected chi connectivity index (χ0v) is 14.6. The van der Waals surface area contributed by atoms with E-state index in [1.165, 1.54) is 19.8 Å². The summed E-state index contributed by atoms with van der Waals surface area (Å²) in [6.07, 6.45) is 3.99. The third kappa shape index (κ3) is 4.28. The molecule has 0 atom stereocenters. The first-order valence-electron chi connectivity index (χ1n) is 8.12. The largest absolute Gasteiger partial charge is 0.371 e. The molecule has 7 heteroatoms. The van der Waals surface area contributed by atoms with Crippen molar-refractivity contribution in [3.8, 4) is 0 Å². The first-order chi connectivity index (χ1) is 12.0. The molecule has 3 rings (SSSR count). The van der Waals surface area contributed by atoms with Gasteiger partial charge in [0.25, 0.3) is 5.91 Å². The van der Waals surface area contributed by atoms with Crippen molar-refractivity contribution in [2.24, 2.45) is 0 Å². The van der Waals surface area contributed by atoms with Gasteiger partial charge in [0, 0.05) is 37.6 Å². The number of carbonyl (C=O) groups is 2. The number of benzene rings is 1. The van der Waals surface area contributed by atoms with Crippen LogP contribution in [-0.4, -0.2) is 29.9 Å². The summed E-state index contributed by atoms with van der Waals surface area (Å²) in [6, 6.07) is 8.64. The molecule has 0 radical (unpaired) electrons. The Labute approximate surface area is 151 Å². The topological polar surface area (TPSA) is 74.3 Å². The van der Waals surface area contributed by atoms with Gasteiger partial charge in [-0.1, -0.05) is 11.6 Å². The Bertz CT molecular complexity index is 803. The monoisotopic (exact) mass is 358 g/mol. The lowest BCUT2D eigenvalue weighted by Crippen LogP contribution is -2.19. The third-order valence-corrected chi connectivity index (χ3v) is 4.30. The highest BCUT2D eigenvalue weighted by Crippen LogP contribution is 2.26. The molecule has 2 N–H and O–H groups in total. The van der Waals surface area contributed by atoms with Gasteiger partial charge in [-0.3, -0.25) is 14.6 Å². The van der Waals surface area contributed by atoms with Crippen molar-refractivity contribution in [2.45, 2.75) is 19.8 Å². The maximum absolute atomic E-state index is 12.5. The molecule has 0 saturated carbocycles. The summed E-state index contributed by atoms with van der Waals surface area (Å²) >= 11 is 6.13. The summed E-state index contributed by atoms with van der Waals surface area (Å²) in [7, 11) is 0. The summed E-state index contributed by atoms with van der Waals surface area (Å²) in [5.74, 6) is -0.508. The van der Waals surface area contributed by atoms with Crippen LogP contribution in [0.5, 0.6) is 0 Å². The standard InChI is InChI=1S/C18H19ClN4O2/c1-12(24)21-16-5-4-13(10-15(16)19)22-18(25)17-11-14(6-7-20-17)23-8-2-3-9-23/h4-7,10-11H,2-3,8-9H2,1H3,(H,21,24)(H,22,25). The smallest absolute Gasteiger partial charge is 0.274 e. The van der Waals surface area contributed by atoms with E-state index in [0.29, 0.717) is 22.1 Å². The molecule has 25 heavy (non-hydrogen) atoms. The normalized spacial score (nSPS) is 13.6. The van der Waals surface area contributed by atoms with Gasteiger partial charge in [0.15, 0.2) is 0 Å². The molecule has 1 aliphatic rings. The summed E-state index contributed by atoms with van der Waals surface area (Å²) < 4.78 is 0. The SMILES string of the molecule is CC(=O)Nc1ccc(NC(=O)c2cc(N3CCCC3)ccn2)cc1Cl. The molecule has 1 aliphatic heterocycles. The number of aromatic nitrogens is 1. The Morgan fingerprint density at radius 3 is 2.56 bits per heavy atom. The van der Waals surface area contributed by atoms with Crippen molar-refractivity contribution < 1.29 is 9.59 Å². The lowest BCUT2D eigenvalue weighted by molar-refractivity contribution is -0.114. The molecule has 2 heterocycles. The second-order valence-corrected chi connectivity index (χ2v) is 6.33. The fourth-order valence-corrected chi connectivity index (χ4v) is 3.02. The van der Waals surface area contributed by atoms with E-state index in [4.69, 9.17) is 11.6 Å². The van der Waals surface area contributed by atoms with E-state index in [2.05, 4.69) is 20.5 Å². The number of carbonyl (C=O) groups excluding carboxylic acids is 2. The summed E-state index contributed by atoms with van der Waals surface area (Å²) in [5.41, 5.74) is 2.40. The van der Waals surface area contributed by atoms with Crippen LogP contribution in [0, 0.1) is 0 Å². The number of pyridine rings is 1. The summed E-state index contributed by atoms with van der Waals surface area (Å²) in [5, 5.41) is 5.76. The second kappa shape index (κ2) is 7.53. The molecular weight excluding hydrogens is 340 g/mol. The van der Waals surface area contributed by atoms with E-state index in [9.17, 15) is 9.59 Å². The number of hydrogen-bond donors (Lipinski definition) is 2. The van der Waals surface area contributed by atoms with E-state index in [1.807, 2.05) is 6.07 Å². The molecule has 1 saturated heterocycles. The van der Waals surface area contributed by atoms with E-state index >= 15 is 0 Å². The van der Waals surface area contributed by atoms with Crippen molar-refractivity contribution in [2.75, 3.05) is 28.6 Å². The number of anilines is 3. The van der Waals surface area contributed by atoms with Crippen LogP contribution in [-0.2, 0) is 4.79 Å². The van der Waals surface area contributed by atoms with E-state index in [-0.39, 0.29) is 11.8 Å². The van der Waals surface area contributed by atoms with Gasteiger partial charge >= 0.3 is 0 Å². The highest BCUT2D eigenvalue weighted by atomic mass is 35.5. The molecule has 0 bridgehead atoms. The van der Waals surface area contributed by atoms with Crippen LogP contribution in [0.1, 0.15) is 30.3 Å². The molecule has 2 aromatic rings. The summed E-state index contributed by atoms with van der Waals surface area (Å²) in [4.78, 5) is 30.0. The average molecular weight is 359 g/mol. The minimum atomic E-state index is -0.301. The molecule has 6 nitrogen and oxygen atoms in total. The lowest BCUT2D eigenvalue weighted by atomic mass is 10.2. The molecule has 0 aliphatic carbocycles. The number of halogens is 1. The van der Waals surface area contributed by atoms with Crippen LogP contribution in [0.3, 0.4) is 0 Å². The van der Waals surface area contributed by atoms with E-state index in [1.54, 1.807) is 30.5 Å². The van der Waals surface area contributed by atoms with Crippen molar-refractivity contribution in [3.63, 3.8) is 0 Å². The molecule has 0 unspecified atom stereocenters. The first kappa shape index (κ1) is 17.2. The number of hydrogen-bond acceptors (Lipinski definition) is 4. The molecule has 0 spiro atoms. The van der Waals surface area contributed by atoms with Crippen LogP contribution >= 0.6 is 11.6 Å². The zero-order chi connectivity index (χ0) is 17.8. The number of rotatable bonds is 4. The van der Waals surface area contributed by atoms with E-state index in [0.717, 1.165) is 18.8 Å². The lowest BCUT2D eigenvalue weighted by Gasteiger charge is -2.17. The maximum Gasteiger partial charge on any atom is 0.274 e. The van der Waals surface area contributed by atoms with Crippen molar-refractivity contribution >= 4 is 40.5 Å². The van der Waals surface area contributed by atoms with Gasteiger partial charge < -0.3 is 15.5 Å². The van der Waals surface area contributed by atoms with Gasteiger partial charge in [-0.25, -0.2) is 0 Å². The van der Waals surface area contributed by atoms with Gasteiger partial charge in [0.05, 0.1) is 10.7 Å². The number of nitrogens with one attached hydrogen (secondary N) is 2. The van der Waals surface area contributed by atoms with Gasteiger partial charge in [0.2, 0.25) is 5.91 Å². The van der Waals surface area contributed by atoms with Crippen molar-refractivity contribution in [1.82, 2.24) is 4.98 Å². The Balaban J connectivity index is 1.72. The van der Waals surface area contributed by atoms with Crippen LogP contribution in [0.15, 0.2) is 36.5 Å². The number of nitrogens with zero attached hydrogens (tertiary/aromatic N) is 2. The molecule has 1 aromatic carbocycles. The minimum Gasteiger partial charge on any atom is -0.371 e. The molecule has 1 fully saturated rings. The highest BCUT2D eigenvalue weighted by Gasteiger charge is 2.15. The number of amides is 2. The molecular formula is C18H19ClN4O2. The van der Waals surface area contributed by atoms with Crippen LogP contribution in [0.4, 0.5) is 17.1 Å². The quantitative estimate of drug-likeness (QED) is 0.876. The van der Waals surface area contributed by atoms with Gasteiger partial charge in [-0.15, -0.1) is 0 Å². The van der Waals surface area contributed by atoms with Gasteiger partial charge in [-0.2, -0.15) is 0 Å². The van der Waals surface area contributed by atoms with E-state index < -0.39 is 0 Å². The first-order valence-corrected chi connectivity index (χ1v) is 8.50. The predicted octanol–water partition coefficient (Wildman–Crippen LogP) is 3.55. The third-order valence-electron chi connectivity index (χ3n) is 3.99. The van der Waals surface area contributed by atoms with Crippen molar-refractivity contribution in [1.29, 1.82) is 0 Å². The molecule has 2 amide bonds. The Morgan fingerprint density at radius 2 is 1.88 bits per heavy atom. The zero-order valence-electron chi connectivity index (χ0n) is 13.9. The predicted molar refractivity (Wildman–Crippen MR) is 99.4 cm³/mol. The Kier molecular flexibility index (Phi) is 5.19. The highest BCUT2D eigenvalue weighted by molar-refractivity contribution is 6.34. The van der Waals surface area contributed by atoms with Gasteiger partial charge in [0.1, 0.15) is 5.69 Å². The molecule has 1 aromatic heterocycles. The minimum absolute atomic E-state index is 0.207. The average Bonchev–Trinajstić information content (AvgIpc) is 3.12. The van der Waals surface area contributed by atoms with Gasteiger partial charge in [-0.05, 0) is 43.2 Å². The fraction of sp³-hybridized carbons (Fsp3) is 0.278. The van der Waals surface area contributed by atoms with Crippen molar-refractivity contribution in [3.05, 3.63) is 47.2 Å². The van der Waals surface area contributed by atoms with Crippen LogP contribution < -0.4 is 15.5 Å².